The van der Waals surface area contributed by atoms with Crippen LogP contribution in [-0.4, -0.2) is 26.1 Å². The Morgan fingerprint density at radius 3 is 2.83 bits per heavy atom. The summed E-state index contributed by atoms with van der Waals surface area (Å²) < 4.78 is 80.6. The molecule has 1 aliphatic heterocycles. The number of hydrogen-bond acceptors (Lipinski definition) is 8. The van der Waals surface area contributed by atoms with Crippen LogP contribution in [0.15, 0.2) is 32.9 Å². The van der Waals surface area contributed by atoms with Crippen molar-refractivity contribution in [3.63, 3.8) is 0 Å². The number of nitrogens with zero attached hydrogens (tertiary/aromatic N) is 1. The van der Waals surface area contributed by atoms with Gasteiger partial charge in [0.05, 0.1) is 7.62 Å². The Bertz CT molecular complexity index is 1440. The molecule has 2 aromatic heterocycles. The molecule has 4 rings (SSSR count). The highest BCUT2D eigenvalue weighted by Gasteiger charge is 2.27. The van der Waals surface area contributed by atoms with Crippen molar-refractivity contribution in [2.24, 2.45) is 0 Å². The average molecular weight is 460 g/mol. The Balaban J connectivity index is 1.70. The molecule has 0 saturated carbocycles. The standard InChI is InChI=1S/C18H15ClN2O6S2/c1-9-5-13-14(26-8-25-13)7-11(9)6-12(22)17-15(3-4-28-17)29(23,24)21-18-16(19)10(2)20-27-18/h3-5,7,21H,6,8H2,1-2H3/i5D,7D,8D2/hD. The highest BCUT2D eigenvalue weighted by atomic mass is 35.5. The van der Waals surface area contributed by atoms with Gasteiger partial charge in [-0.05, 0) is 48.5 Å². The van der Waals surface area contributed by atoms with Crippen LogP contribution >= 0.6 is 22.9 Å². The highest BCUT2D eigenvalue weighted by Crippen LogP contribution is 2.36. The molecule has 152 valence electrons. The third-order valence-corrected chi connectivity index (χ3v) is 6.81. The maximum Gasteiger partial charge on any atom is 0.265 e. The molecular formula is C18H15ClN2O6S2. The van der Waals surface area contributed by atoms with E-state index in [2.05, 4.69) is 5.16 Å². The number of hydrogen-bond donors (Lipinski definition) is 1. The van der Waals surface area contributed by atoms with E-state index >= 15 is 0 Å². The molecule has 0 unspecified atom stereocenters. The van der Waals surface area contributed by atoms with Crippen molar-refractivity contribution in [3.05, 3.63) is 50.3 Å². The molecule has 0 amide bonds. The van der Waals surface area contributed by atoms with Gasteiger partial charge in [0.15, 0.2) is 18.7 Å². The van der Waals surface area contributed by atoms with Crippen LogP contribution in [0.4, 0.5) is 5.88 Å². The Kier molecular flexibility index (Phi) is 3.66. The van der Waals surface area contributed by atoms with Crippen LogP contribution in [0.2, 0.25) is 6.43 Å². The fourth-order valence-corrected chi connectivity index (χ4v) is 4.99. The number of ketones is 1. The van der Waals surface area contributed by atoms with Crippen LogP contribution in [0, 0.1) is 13.8 Å². The lowest BCUT2D eigenvalue weighted by atomic mass is 10.0. The average Bonchev–Trinajstić information content (AvgIpc) is 3.47. The molecule has 8 nitrogen and oxygen atoms in total. The summed E-state index contributed by atoms with van der Waals surface area (Å²) in [5.74, 6) is -1.78. The highest BCUT2D eigenvalue weighted by molar-refractivity contribution is 7.93. The fourth-order valence-electron chi connectivity index (χ4n) is 2.52. The molecule has 0 aliphatic carbocycles. The molecule has 11 heteroatoms. The van der Waals surface area contributed by atoms with Gasteiger partial charge in [-0.1, -0.05) is 16.8 Å². The number of Topliss-reactive ketones (excluding diaryl/α,β-unsaturated/α-hetero) is 1. The van der Waals surface area contributed by atoms with Gasteiger partial charge in [0.25, 0.3) is 15.9 Å². The van der Waals surface area contributed by atoms with Gasteiger partial charge in [-0.15, -0.1) is 11.3 Å². The van der Waals surface area contributed by atoms with Crippen LogP contribution in [0.3, 0.4) is 0 Å². The van der Waals surface area contributed by atoms with E-state index < -0.39 is 39.8 Å². The maximum atomic E-state index is 13.1. The maximum absolute atomic E-state index is 13.1. The van der Waals surface area contributed by atoms with Crippen LogP contribution in [-0.2, 0) is 16.4 Å². The topological polar surface area (TPSA) is 108 Å². The first kappa shape index (κ1) is 14.4. The number of sulfonamides is 1. The van der Waals surface area contributed by atoms with Crippen molar-refractivity contribution < 1.29 is 34.1 Å². The zero-order valence-corrected chi connectivity index (χ0v) is 17.3. The van der Waals surface area contributed by atoms with Gasteiger partial charge in [-0.2, -0.15) is 0 Å². The second kappa shape index (κ2) is 7.36. The Morgan fingerprint density at radius 1 is 1.41 bits per heavy atom. The molecule has 29 heavy (non-hydrogen) atoms. The zero-order valence-electron chi connectivity index (χ0n) is 19.9. The molecule has 0 atom stereocenters. The minimum atomic E-state index is -4.59. The van der Waals surface area contributed by atoms with Crippen molar-refractivity contribution in [2.45, 2.75) is 25.2 Å². The second-order valence-corrected chi connectivity index (χ2v) is 8.83. The smallest absolute Gasteiger partial charge is 0.265 e. The number of nitrogens with one attached hydrogen (secondary N) is 1. The molecule has 1 aliphatic rings. The van der Waals surface area contributed by atoms with Crippen molar-refractivity contribution >= 4 is 44.6 Å². The predicted octanol–water partition coefficient (Wildman–Crippen LogP) is 3.96. The number of ether oxygens (including phenoxy) is 2. The van der Waals surface area contributed by atoms with Crippen LogP contribution in [0.25, 0.3) is 0 Å². The number of carbonyl (C=O) groups is 1. The van der Waals surface area contributed by atoms with E-state index in [0.717, 1.165) is 17.4 Å². The summed E-state index contributed by atoms with van der Waals surface area (Å²) in [6, 6.07) is 0.567. The lowest BCUT2D eigenvalue weighted by Crippen LogP contribution is -2.16. The number of fused-ring (bicyclic) bond motifs is 1. The number of halogens is 1. The number of thiophene rings is 1. The SMILES string of the molecule is [2H]c1c(C)c(CC(=O)c2sccc2S(=O)(=O)N([2H])c2onc(C)c2Cl)c([2H])c2c1OC([2H])([2H])O2. The molecule has 0 bridgehead atoms. The van der Waals surface area contributed by atoms with Gasteiger partial charge in [0.2, 0.25) is 6.75 Å². The van der Waals surface area contributed by atoms with Crippen molar-refractivity contribution in [1.29, 1.82) is 0 Å². The summed E-state index contributed by atoms with van der Waals surface area (Å²) >= 11 is 6.79. The quantitative estimate of drug-likeness (QED) is 0.555. The number of anilines is 1. The van der Waals surface area contributed by atoms with Crippen molar-refractivity contribution in [2.75, 3.05) is 11.5 Å². The summed E-state index contributed by atoms with van der Waals surface area (Å²) in [5, 5.41) is 4.72. The van der Waals surface area contributed by atoms with E-state index in [1.165, 1.54) is 19.2 Å². The van der Waals surface area contributed by atoms with Gasteiger partial charge in [-0.25, -0.2) is 13.1 Å². The van der Waals surface area contributed by atoms with Gasteiger partial charge < -0.3 is 14.0 Å². The second-order valence-electron chi connectivity index (χ2n) is 5.97. The third kappa shape index (κ3) is 3.70. The lowest BCUT2D eigenvalue weighted by Gasteiger charge is -2.09. The largest absolute Gasteiger partial charge is 0.454 e. The summed E-state index contributed by atoms with van der Waals surface area (Å²) in [5.41, 5.74) is 0.427. The molecular weight excluding hydrogens is 440 g/mol. The molecule has 3 aromatic rings. The Labute approximate surface area is 182 Å². The first-order valence-electron chi connectivity index (χ1n) is 10.5. The molecule has 0 fully saturated rings. The minimum absolute atomic E-state index is 0.0416. The zero-order chi connectivity index (χ0) is 25.2. The summed E-state index contributed by atoms with van der Waals surface area (Å²) in [6.07, 6.45) is -0.473. The number of aromatic nitrogens is 1. The van der Waals surface area contributed by atoms with Crippen LogP contribution in [0.5, 0.6) is 11.5 Å². The number of benzene rings is 1. The summed E-state index contributed by atoms with van der Waals surface area (Å²) in [6.45, 7) is 0.371. The van der Waals surface area contributed by atoms with E-state index in [1.54, 1.807) is 0 Å². The summed E-state index contributed by atoms with van der Waals surface area (Å²) in [7, 11) is -4.59. The van der Waals surface area contributed by atoms with Gasteiger partial charge in [-0.3, -0.25) is 4.79 Å². The van der Waals surface area contributed by atoms with Crippen LogP contribution in [0.1, 0.15) is 32.0 Å². The lowest BCUT2D eigenvalue weighted by molar-refractivity contribution is 0.0994. The number of rotatable bonds is 6. The third-order valence-electron chi connectivity index (χ3n) is 3.99. The van der Waals surface area contributed by atoms with Crippen molar-refractivity contribution in [1.82, 2.24) is 5.16 Å². The van der Waals surface area contributed by atoms with Crippen molar-refractivity contribution in [3.8, 4) is 11.5 Å². The van der Waals surface area contributed by atoms with E-state index in [1.807, 2.05) is 0 Å². The van der Waals surface area contributed by atoms with E-state index in [4.69, 9.17) is 32.5 Å². The summed E-state index contributed by atoms with van der Waals surface area (Å²) in [4.78, 5) is 12.5. The monoisotopic (exact) mass is 459 g/mol. The van der Waals surface area contributed by atoms with Gasteiger partial charge in [0, 0.05) is 6.42 Å². The van der Waals surface area contributed by atoms with E-state index in [0.29, 0.717) is 0 Å². The van der Waals surface area contributed by atoms with Crippen LogP contribution < -0.4 is 14.2 Å². The minimum Gasteiger partial charge on any atom is -0.454 e. The molecule has 1 aromatic carbocycles. The Hall–Kier alpha value is -2.56. The van der Waals surface area contributed by atoms with Gasteiger partial charge in [0.1, 0.15) is 18.4 Å². The van der Waals surface area contributed by atoms with Gasteiger partial charge >= 0.3 is 0 Å². The molecule has 3 heterocycles. The first-order chi connectivity index (χ1) is 15.8. The molecule has 1 N–H and O–H groups in total. The molecule has 0 radical (unpaired) electrons. The first-order valence-corrected chi connectivity index (χ1v) is 10.7. The predicted molar refractivity (Wildman–Crippen MR) is 107 cm³/mol. The molecule has 0 spiro atoms. The number of carbonyl (C=O) groups excluding carboxylic acids is 1. The Morgan fingerprint density at radius 2 is 2.14 bits per heavy atom. The fraction of sp³-hybridized carbons (Fsp3) is 0.222. The normalized spacial score (nSPS) is 17.1. The van der Waals surface area contributed by atoms with E-state index in [9.17, 15) is 13.2 Å². The molecule has 0 saturated heterocycles. The van der Waals surface area contributed by atoms with E-state index in [-0.39, 0.29) is 55.0 Å². The number of aryl methyl sites for hydroxylation is 1.